The summed E-state index contributed by atoms with van der Waals surface area (Å²) < 4.78 is 0. The molecule has 0 radical (unpaired) electrons. The number of nitrogens with zero attached hydrogens (tertiary/aromatic N) is 3. The summed E-state index contributed by atoms with van der Waals surface area (Å²) in [5.41, 5.74) is 3.43. The van der Waals surface area contributed by atoms with Crippen molar-refractivity contribution in [3.63, 3.8) is 0 Å². The van der Waals surface area contributed by atoms with Gasteiger partial charge in [0.15, 0.2) is 0 Å². The lowest BCUT2D eigenvalue weighted by atomic mass is 9.86. The average molecular weight is 403 g/mol. The standard InChI is InChI=1S/C25H30N4O/c1-25(2,3)22-11-7-8-12-23(22)27-18-21(17-26)24(30)29-15-13-28(14-16-29)19-20-9-5-4-6-10-20/h4-12,18,27H,13-16,19H2,1-3H3/b21-18-. The normalized spacial score (nSPS) is 15.5. The second kappa shape index (κ2) is 9.60. The van der Waals surface area contributed by atoms with Crippen molar-refractivity contribution in [2.45, 2.75) is 32.7 Å². The molecular weight excluding hydrogens is 372 g/mol. The van der Waals surface area contributed by atoms with Crippen LogP contribution in [-0.2, 0) is 16.8 Å². The molecule has 1 heterocycles. The van der Waals surface area contributed by atoms with Crippen LogP contribution in [0.4, 0.5) is 5.69 Å². The Morgan fingerprint density at radius 1 is 1.03 bits per heavy atom. The van der Waals surface area contributed by atoms with Gasteiger partial charge in [0.1, 0.15) is 11.6 Å². The van der Waals surface area contributed by atoms with Gasteiger partial charge in [0.2, 0.25) is 0 Å². The Bertz CT molecular complexity index is 930. The topological polar surface area (TPSA) is 59.4 Å². The Hall–Kier alpha value is -3.10. The van der Waals surface area contributed by atoms with E-state index in [9.17, 15) is 10.1 Å². The van der Waals surface area contributed by atoms with E-state index in [-0.39, 0.29) is 16.9 Å². The Morgan fingerprint density at radius 2 is 1.67 bits per heavy atom. The van der Waals surface area contributed by atoms with Gasteiger partial charge in [-0.05, 0) is 22.6 Å². The summed E-state index contributed by atoms with van der Waals surface area (Å²) in [5, 5.41) is 12.8. The molecule has 2 aromatic rings. The number of nitriles is 1. The summed E-state index contributed by atoms with van der Waals surface area (Å²) in [6.07, 6.45) is 1.54. The van der Waals surface area contributed by atoms with Crippen LogP contribution in [-0.4, -0.2) is 41.9 Å². The van der Waals surface area contributed by atoms with Crippen LogP contribution < -0.4 is 5.32 Å². The predicted octanol–water partition coefficient (Wildman–Crippen LogP) is 4.15. The van der Waals surface area contributed by atoms with Crippen molar-refractivity contribution in [2.24, 2.45) is 0 Å². The van der Waals surface area contributed by atoms with E-state index in [1.807, 2.05) is 36.4 Å². The van der Waals surface area contributed by atoms with Gasteiger partial charge in [-0.1, -0.05) is 69.3 Å². The van der Waals surface area contributed by atoms with E-state index < -0.39 is 0 Å². The average Bonchev–Trinajstić information content (AvgIpc) is 2.75. The summed E-state index contributed by atoms with van der Waals surface area (Å²) in [6.45, 7) is 10.2. The van der Waals surface area contributed by atoms with E-state index in [2.05, 4.69) is 55.3 Å². The Kier molecular flexibility index (Phi) is 6.91. The van der Waals surface area contributed by atoms with Crippen LogP contribution in [0.5, 0.6) is 0 Å². The molecule has 1 aliphatic rings. The van der Waals surface area contributed by atoms with Crippen molar-refractivity contribution >= 4 is 11.6 Å². The first-order chi connectivity index (χ1) is 14.4. The van der Waals surface area contributed by atoms with Gasteiger partial charge in [-0.25, -0.2) is 0 Å². The maximum absolute atomic E-state index is 12.9. The van der Waals surface area contributed by atoms with Crippen LogP contribution in [0.3, 0.4) is 0 Å². The molecule has 0 aromatic heterocycles. The van der Waals surface area contributed by atoms with Crippen molar-refractivity contribution in [1.29, 1.82) is 5.26 Å². The second-order valence-electron chi connectivity index (χ2n) is 8.66. The zero-order valence-electron chi connectivity index (χ0n) is 18.1. The molecule has 1 amide bonds. The van der Waals surface area contributed by atoms with Crippen LogP contribution in [0.15, 0.2) is 66.4 Å². The first-order valence-corrected chi connectivity index (χ1v) is 10.4. The highest BCUT2D eigenvalue weighted by atomic mass is 16.2. The van der Waals surface area contributed by atoms with Gasteiger partial charge >= 0.3 is 0 Å². The van der Waals surface area contributed by atoms with E-state index in [1.165, 1.54) is 5.56 Å². The number of benzene rings is 2. The number of rotatable bonds is 5. The third-order valence-electron chi connectivity index (χ3n) is 5.37. The lowest BCUT2D eigenvalue weighted by Crippen LogP contribution is -2.48. The molecule has 1 saturated heterocycles. The van der Waals surface area contributed by atoms with Gasteiger partial charge in [-0.15, -0.1) is 0 Å². The number of carbonyl (C=O) groups is 1. The second-order valence-corrected chi connectivity index (χ2v) is 8.66. The summed E-state index contributed by atoms with van der Waals surface area (Å²) in [5.74, 6) is -0.211. The first-order valence-electron chi connectivity index (χ1n) is 10.4. The Morgan fingerprint density at radius 3 is 2.30 bits per heavy atom. The van der Waals surface area contributed by atoms with Crippen molar-refractivity contribution in [1.82, 2.24) is 9.80 Å². The fraction of sp³-hybridized carbons (Fsp3) is 0.360. The van der Waals surface area contributed by atoms with Crippen molar-refractivity contribution in [2.75, 3.05) is 31.5 Å². The molecule has 2 aromatic carbocycles. The van der Waals surface area contributed by atoms with E-state index in [0.29, 0.717) is 13.1 Å². The molecular formula is C25H30N4O. The number of amides is 1. The molecule has 0 atom stereocenters. The van der Waals surface area contributed by atoms with Crippen LogP contribution >= 0.6 is 0 Å². The molecule has 1 fully saturated rings. The van der Waals surface area contributed by atoms with Gasteiger partial charge in [0, 0.05) is 44.6 Å². The Balaban J connectivity index is 1.61. The number of para-hydroxylation sites is 1. The van der Waals surface area contributed by atoms with Gasteiger partial charge in [-0.3, -0.25) is 9.69 Å². The highest BCUT2D eigenvalue weighted by Gasteiger charge is 2.24. The third-order valence-corrected chi connectivity index (χ3v) is 5.37. The minimum atomic E-state index is -0.211. The molecule has 5 heteroatoms. The number of hydrogen-bond donors (Lipinski definition) is 1. The summed E-state index contributed by atoms with van der Waals surface area (Å²) in [6, 6.07) is 20.4. The van der Waals surface area contributed by atoms with Gasteiger partial charge in [-0.2, -0.15) is 5.26 Å². The van der Waals surface area contributed by atoms with E-state index in [4.69, 9.17) is 0 Å². The molecule has 0 saturated carbocycles. The predicted molar refractivity (Wildman–Crippen MR) is 121 cm³/mol. The number of nitrogens with one attached hydrogen (secondary N) is 1. The van der Waals surface area contributed by atoms with Crippen LogP contribution in [0.1, 0.15) is 31.9 Å². The van der Waals surface area contributed by atoms with Crippen molar-refractivity contribution in [3.8, 4) is 6.07 Å². The van der Waals surface area contributed by atoms with E-state index in [0.717, 1.165) is 30.9 Å². The minimum absolute atomic E-state index is 0.0384. The lowest BCUT2D eigenvalue weighted by molar-refractivity contribution is -0.128. The summed E-state index contributed by atoms with van der Waals surface area (Å²) in [4.78, 5) is 17.0. The Labute approximate surface area is 179 Å². The molecule has 156 valence electrons. The quantitative estimate of drug-likeness (QED) is 0.603. The zero-order chi connectivity index (χ0) is 21.6. The molecule has 0 aliphatic carbocycles. The molecule has 0 unspecified atom stereocenters. The zero-order valence-corrected chi connectivity index (χ0v) is 18.1. The van der Waals surface area contributed by atoms with Crippen molar-refractivity contribution < 1.29 is 4.79 Å². The summed E-state index contributed by atoms with van der Waals surface area (Å²) in [7, 11) is 0. The molecule has 30 heavy (non-hydrogen) atoms. The number of hydrogen-bond acceptors (Lipinski definition) is 4. The lowest BCUT2D eigenvalue weighted by Gasteiger charge is -2.34. The number of carbonyl (C=O) groups excluding carboxylic acids is 1. The number of anilines is 1. The molecule has 5 nitrogen and oxygen atoms in total. The number of piperazine rings is 1. The monoisotopic (exact) mass is 402 g/mol. The van der Waals surface area contributed by atoms with Crippen LogP contribution in [0, 0.1) is 11.3 Å². The fourth-order valence-electron chi connectivity index (χ4n) is 3.68. The van der Waals surface area contributed by atoms with Gasteiger partial charge in [0.25, 0.3) is 5.91 Å². The smallest absolute Gasteiger partial charge is 0.266 e. The summed E-state index contributed by atoms with van der Waals surface area (Å²) >= 11 is 0. The highest BCUT2D eigenvalue weighted by molar-refractivity contribution is 5.97. The van der Waals surface area contributed by atoms with E-state index in [1.54, 1.807) is 11.1 Å². The van der Waals surface area contributed by atoms with Crippen molar-refractivity contribution in [3.05, 3.63) is 77.5 Å². The minimum Gasteiger partial charge on any atom is -0.360 e. The highest BCUT2D eigenvalue weighted by Crippen LogP contribution is 2.29. The maximum Gasteiger partial charge on any atom is 0.266 e. The largest absolute Gasteiger partial charge is 0.360 e. The molecule has 1 aliphatic heterocycles. The van der Waals surface area contributed by atoms with Gasteiger partial charge in [0.05, 0.1) is 0 Å². The molecule has 0 bridgehead atoms. The molecule has 1 N–H and O–H groups in total. The first kappa shape index (κ1) is 21.6. The molecule has 3 rings (SSSR count). The maximum atomic E-state index is 12.9. The van der Waals surface area contributed by atoms with E-state index >= 15 is 0 Å². The molecule has 0 spiro atoms. The SMILES string of the molecule is CC(C)(C)c1ccccc1N/C=C(/C#N)C(=O)N1CCN(Cc2ccccc2)CC1. The third kappa shape index (κ3) is 5.49. The van der Waals surface area contributed by atoms with Gasteiger partial charge < -0.3 is 10.2 Å². The fourth-order valence-corrected chi connectivity index (χ4v) is 3.68. The van der Waals surface area contributed by atoms with Crippen LogP contribution in [0.2, 0.25) is 0 Å². The van der Waals surface area contributed by atoms with Crippen LogP contribution in [0.25, 0.3) is 0 Å².